The van der Waals surface area contributed by atoms with Crippen molar-refractivity contribution in [3.05, 3.63) is 70.2 Å². The fourth-order valence-corrected chi connectivity index (χ4v) is 4.07. The fourth-order valence-electron chi connectivity index (χ4n) is 3.78. The summed E-state index contributed by atoms with van der Waals surface area (Å²) in [5.41, 5.74) is 0.185. The van der Waals surface area contributed by atoms with Crippen LogP contribution in [0.5, 0.6) is 0 Å². The first-order chi connectivity index (χ1) is 14.2. The van der Waals surface area contributed by atoms with E-state index in [0.717, 1.165) is 0 Å². The maximum Gasteiger partial charge on any atom is 0.230 e. The zero-order valence-corrected chi connectivity index (χ0v) is 18.2. The smallest absolute Gasteiger partial charge is 0.230 e. The van der Waals surface area contributed by atoms with E-state index in [0.29, 0.717) is 35.8 Å². The Bertz CT molecular complexity index is 869. The number of nitrogens with one attached hydrogen (secondary N) is 1. The average Bonchev–Trinajstić information content (AvgIpc) is 2.70. The second-order valence-electron chi connectivity index (χ2n) is 8.17. The molecule has 0 aliphatic carbocycles. The molecule has 1 N–H and O–H groups in total. The van der Waals surface area contributed by atoms with Crippen LogP contribution >= 0.6 is 11.6 Å². The molecule has 2 aromatic rings. The van der Waals surface area contributed by atoms with Crippen LogP contribution < -0.4 is 5.32 Å². The molecular formula is C23H27ClF2N2O2. The second-order valence-corrected chi connectivity index (χ2v) is 8.58. The number of benzene rings is 2. The molecule has 1 aliphatic heterocycles. The molecule has 1 fully saturated rings. The van der Waals surface area contributed by atoms with E-state index >= 15 is 0 Å². The SMILES string of the molecule is CC1CN(C(CNC(=O)C(C)(C)c2ccc(F)cc2)c2c(F)cccc2Cl)CCO1. The standard InChI is InChI=1S/C23H27ClF2N2O2/c1-15-14-28(11-12-30-15)20(21-18(24)5-4-6-19(21)26)13-27-22(29)23(2,3)16-7-9-17(25)10-8-16/h4-10,15,20H,11-14H2,1-3H3,(H,27,29). The van der Waals surface area contributed by atoms with E-state index < -0.39 is 17.3 Å². The molecular weight excluding hydrogens is 410 g/mol. The monoisotopic (exact) mass is 436 g/mol. The van der Waals surface area contributed by atoms with Gasteiger partial charge in [-0.25, -0.2) is 8.78 Å². The van der Waals surface area contributed by atoms with Crippen molar-refractivity contribution in [2.45, 2.75) is 38.3 Å². The zero-order chi connectivity index (χ0) is 21.9. The van der Waals surface area contributed by atoms with Crippen LogP contribution in [0.25, 0.3) is 0 Å². The third kappa shape index (κ3) is 4.99. The van der Waals surface area contributed by atoms with Gasteiger partial charge in [-0.3, -0.25) is 9.69 Å². The molecule has 3 rings (SSSR count). The molecule has 7 heteroatoms. The molecule has 1 amide bonds. The summed E-state index contributed by atoms with van der Waals surface area (Å²) in [5, 5.41) is 3.29. The molecule has 0 radical (unpaired) electrons. The van der Waals surface area contributed by atoms with Gasteiger partial charge in [0, 0.05) is 30.2 Å². The van der Waals surface area contributed by atoms with E-state index in [4.69, 9.17) is 16.3 Å². The minimum atomic E-state index is -0.879. The minimum absolute atomic E-state index is 0.00171. The summed E-state index contributed by atoms with van der Waals surface area (Å²) >= 11 is 6.35. The first kappa shape index (κ1) is 22.7. The number of ether oxygens (including phenoxy) is 1. The van der Waals surface area contributed by atoms with Crippen molar-refractivity contribution in [1.29, 1.82) is 0 Å². The van der Waals surface area contributed by atoms with Crippen molar-refractivity contribution in [2.24, 2.45) is 0 Å². The van der Waals surface area contributed by atoms with E-state index in [1.54, 1.807) is 38.1 Å². The predicted octanol–water partition coefficient (Wildman–Crippen LogP) is 4.47. The Labute approximate surface area is 181 Å². The lowest BCUT2D eigenvalue weighted by molar-refractivity contribution is -0.126. The lowest BCUT2D eigenvalue weighted by atomic mass is 9.83. The fraction of sp³-hybridized carbons (Fsp3) is 0.435. The largest absolute Gasteiger partial charge is 0.376 e. The van der Waals surface area contributed by atoms with Crippen molar-refractivity contribution in [1.82, 2.24) is 10.2 Å². The Balaban J connectivity index is 1.82. The lowest BCUT2D eigenvalue weighted by Crippen LogP contribution is -2.49. The predicted molar refractivity (Wildman–Crippen MR) is 114 cm³/mol. The molecule has 2 aromatic carbocycles. The van der Waals surface area contributed by atoms with Gasteiger partial charge in [-0.05, 0) is 50.6 Å². The van der Waals surface area contributed by atoms with Gasteiger partial charge in [0.15, 0.2) is 0 Å². The number of hydrogen-bond acceptors (Lipinski definition) is 3. The number of carbonyl (C=O) groups excluding carboxylic acids is 1. The Hall–Kier alpha value is -2.02. The number of hydrogen-bond donors (Lipinski definition) is 1. The van der Waals surface area contributed by atoms with Crippen molar-refractivity contribution >= 4 is 17.5 Å². The maximum absolute atomic E-state index is 14.7. The Morgan fingerprint density at radius 1 is 1.27 bits per heavy atom. The van der Waals surface area contributed by atoms with Gasteiger partial charge in [-0.1, -0.05) is 29.8 Å². The Morgan fingerprint density at radius 2 is 1.97 bits per heavy atom. The highest BCUT2D eigenvalue weighted by Crippen LogP contribution is 2.31. The molecule has 30 heavy (non-hydrogen) atoms. The third-order valence-electron chi connectivity index (χ3n) is 5.64. The summed E-state index contributed by atoms with van der Waals surface area (Å²) in [7, 11) is 0. The quantitative estimate of drug-likeness (QED) is 0.726. The summed E-state index contributed by atoms with van der Waals surface area (Å²) in [4.78, 5) is 15.1. The first-order valence-corrected chi connectivity index (χ1v) is 10.4. The summed E-state index contributed by atoms with van der Waals surface area (Å²) in [6, 6.07) is 10.0. The number of amides is 1. The molecule has 0 bridgehead atoms. The lowest BCUT2D eigenvalue weighted by Gasteiger charge is -2.38. The molecule has 1 heterocycles. The van der Waals surface area contributed by atoms with Crippen molar-refractivity contribution < 1.29 is 18.3 Å². The van der Waals surface area contributed by atoms with E-state index in [9.17, 15) is 13.6 Å². The summed E-state index contributed by atoms with van der Waals surface area (Å²) < 4.78 is 33.6. The van der Waals surface area contributed by atoms with Gasteiger partial charge < -0.3 is 10.1 Å². The van der Waals surface area contributed by atoms with E-state index in [1.807, 2.05) is 6.92 Å². The van der Waals surface area contributed by atoms with Crippen LogP contribution in [0.4, 0.5) is 8.78 Å². The third-order valence-corrected chi connectivity index (χ3v) is 5.97. The average molecular weight is 437 g/mol. The summed E-state index contributed by atoms with van der Waals surface area (Å²) in [5.74, 6) is -0.989. The van der Waals surface area contributed by atoms with Crippen LogP contribution in [-0.2, 0) is 14.9 Å². The molecule has 0 spiro atoms. The molecule has 1 saturated heterocycles. The van der Waals surface area contributed by atoms with E-state index in [1.165, 1.54) is 18.2 Å². The zero-order valence-electron chi connectivity index (χ0n) is 17.4. The summed E-state index contributed by atoms with van der Waals surface area (Å²) in [6.45, 7) is 7.44. The van der Waals surface area contributed by atoms with Crippen LogP contribution in [-0.4, -0.2) is 43.2 Å². The normalized spacial score (nSPS) is 18.8. The van der Waals surface area contributed by atoms with Gasteiger partial charge in [0.2, 0.25) is 5.91 Å². The van der Waals surface area contributed by atoms with Gasteiger partial charge in [0.1, 0.15) is 11.6 Å². The first-order valence-electron chi connectivity index (χ1n) is 10.0. The van der Waals surface area contributed by atoms with Crippen molar-refractivity contribution in [3.63, 3.8) is 0 Å². The van der Waals surface area contributed by atoms with Crippen LogP contribution in [0.15, 0.2) is 42.5 Å². The molecule has 162 valence electrons. The Kier molecular flexibility index (Phi) is 7.11. The topological polar surface area (TPSA) is 41.6 Å². The van der Waals surface area contributed by atoms with Gasteiger partial charge in [-0.2, -0.15) is 0 Å². The highest BCUT2D eigenvalue weighted by atomic mass is 35.5. The van der Waals surface area contributed by atoms with Gasteiger partial charge in [0.05, 0.1) is 24.2 Å². The second kappa shape index (κ2) is 9.41. The van der Waals surface area contributed by atoms with Crippen LogP contribution in [0, 0.1) is 11.6 Å². The summed E-state index contributed by atoms with van der Waals surface area (Å²) in [6.07, 6.45) is -0.00171. The molecule has 1 aliphatic rings. The number of morpholine rings is 1. The van der Waals surface area contributed by atoms with Gasteiger partial charge >= 0.3 is 0 Å². The van der Waals surface area contributed by atoms with Crippen molar-refractivity contribution in [3.8, 4) is 0 Å². The van der Waals surface area contributed by atoms with Crippen LogP contribution in [0.1, 0.15) is 37.9 Å². The molecule has 4 nitrogen and oxygen atoms in total. The Morgan fingerprint density at radius 3 is 2.60 bits per heavy atom. The minimum Gasteiger partial charge on any atom is -0.376 e. The maximum atomic E-state index is 14.7. The highest BCUT2D eigenvalue weighted by Gasteiger charge is 2.33. The molecule has 0 saturated carbocycles. The number of halogens is 3. The number of carbonyl (C=O) groups is 1. The van der Waals surface area contributed by atoms with E-state index in [2.05, 4.69) is 10.2 Å². The van der Waals surface area contributed by atoms with Crippen LogP contribution in [0.3, 0.4) is 0 Å². The van der Waals surface area contributed by atoms with E-state index in [-0.39, 0.29) is 24.4 Å². The molecule has 2 atom stereocenters. The highest BCUT2D eigenvalue weighted by molar-refractivity contribution is 6.31. The number of nitrogens with zero attached hydrogens (tertiary/aromatic N) is 1. The number of rotatable bonds is 6. The van der Waals surface area contributed by atoms with Gasteiger partial charge in [-0.15, -0.1) is 0 Å². The molecule has 2 unspecified atom stereocenters. The molecule has 0 aromatic heterocycles. The van der Waals surface area contributed by atoms with Gasteiger partial charge in [0.25, 0.3) is 0 Å². The van der Waals surface area contributed by atoms with Crippen LogP contribution in [0.2, 0.25) is 5.02 Å². The van der Waals surface area contributed by atoms with Crippen molar-refractivity contribution in [2.75, 3.05) is 26.2 Å².